The Labute approximate surface area is 151 Å². The number of nitrogens with zero attached hydrogens (tertiary/aromatic N) is 3. The van der Waals surface area contributed by atoms with Crippen LogP contribution in [0.3, 0.4) is 0 Å². The zero-order chi connectivity index (χ0) is 17.9. The van der Waals surface area contributed by atoms with Gasteiger partial charge in [-0.3, -0.25) is 4.79 Å². The third kappa shape index (κ3) is 3.37. The monoisotopic (exact) mass is 352 g/mol. The van der Waals surface area contributed by atoms with Crippen molar-refractivity contribution < 1.29 is 14.3 Å². The highest BCUT2D eigenvalue weighted by molar-refractivity contribution is 5.95. The molecule has 2 aromatic rings. The lowest BCUT2D eigenvalue weighted by Crippen LogP contribution is -2.52. The number of piperidine rings is 1. The van der Waals surface area contributed by atoms with E-state index in [9.17, 15) is 9.59 Å². The number of benzene rings is 1. The molecule has 1 saturated heterocycles. The molecule has 0 aliphatic carbocycles. The van der Waals surface area contributed by atoms with Crippen LogP contribution < -0.4 is 10.2 Å². The van der Waals surface area contributed by atoms with Crippen LogP contribution in [0.25, 0.3) is 0 Å². The first-order valence-electron chi connectivity index (χ1n) is 8.82. The first-order chi connectivity index (χ1) is 12.7. The molecule has 0 unspecified atom stereocenters. The van der Waals surface area contributed by atoms with Crippen LogP contribution >= 0.6 is 0 Å². The molecule has 26 heavy (non-hydrogen) atoms. The number of nitrogens with one attached hydrogen (secondary N) is 1. The Balaban J connectivity index is 1.40. The second-order valence-electron chi connectivity index (χ2n) is 6.60. The van der Waals surface area contributed by atoms with Crippen LogP contribution in [-0.4, -0.2) is 47.1 Å². The minimum absolute atomic E-state index is 0.0177. The van der Waals surface area contributed by atoms with Crippen molar-refractivity contribution in [3.05, 3.63) is 53.9 Å². The molecule has 1 fully saturated rings. The minimum Gasteiger partial charge on any atom is -0.448 e. The number of esters is 1. The molecule has 2 aliphatic heterocycles. The summed E-state index contributed by atoms with van der Waals surface area (Å²) in [5, 5.41) is 3.03. The second-order valence-corrected chi connectivity index (χ2v) is 6.60. The highest BCUT2D eigenvalue weighted by Crippen LogP contribution is 2.21. The van der Waals surface area contributed by atoms with E-state index in [1.807, 2.05) is 12.1 Å². The van der Waals surface area contributed by atoms with E-state index in [0.29, 0.717) is 24.5 Å². The van der Waals surface area contributed by atoms with Crippen molar-refractivity contribution in [3.63, 3.8) is 0 Å². The van der Waals surface area contributed by atoms with Crippen LogP contribution in [0.15, 0.2) is 42.7 Å². The van der Waals surface area contributed by atoms with E-state index in [1.54, 1.807) is 30.6 Å². The van der Waals surface area contributed by atoms with Crippen molar-refractivity contribution in [2.24, 2.45) is 0 Å². The summed E-state index contributed by atoms with van der Waals surface area (Å²) in [6.45, 7) is 1.51. The van der Waals surface area contributed by atoms with Gasteiger partial charge in [0.2, 0.25) is 5.95 Å². The molecular formula is C19H20N4O3. The number of hydrogen-bond donors (Lipinski definition) is 1. The highest BCUT2D eigenvalue weighted by atomic mass is 16.5. The van der Waals surface area contributed by atoms with Crippen molar-refractivity contribution in [1.82, 2.24) is 15.3 Å². The number of carbonyl (C=O) groups is 2. The van der Waals surface area contributed by atoms with Gasteiger partial charge in [0, 0.05) is 37.9 Å². The molecule has 1 amide bonds. The van der Waals surface area contributed by atoms with E-state index < -0.39 is 12.1 Å². The Morgan fingerprint density at radius 1 is 1.19 bits per heavy atom. The smallest absolute Gasteiger partial charge is 0.339 e. The Morgan fingerprint density at radius 3 is 2.85 bits per heavy atom. The Hall–Kier alpha value is -2.96. The van der Waals surface area contributed by atoms with Crippen LogP contribution in [0.2, 0.25) is 0 Å². The second kappa shape index (κ2) is 7.11. The third-order valence-electron chi connectivity index (χ3n) is 4.79. The van der Waals surface area contributed by atoms with Gasteiger partial charge in [0.1, 0.15) is 0 Å². The molecule has 4 rings (SSSR count). The molecule has 3 heterocycles. The summed E-state index contributed by atoms with van der Waals surface area (Å²) in [6.07, 6.45) is 4.88. The zero-order valence-electron chi connectivity index (χ0n) is 14.3. The normalized spacial score (nSPS) is 22.3. The van der Waals surface area contributed by atoms with E-state index in [2.05, 4.69) is 20.2 Å². The Morgan fingerprint density at radius 2 is 2.00 bits per heavy atom. The maximum absolute atomic E-state index is 12.6. The number of anilines is 1. The van der Waals surface area contributed by atoms with E-state index in [4.69, 9.17) is 4.74 Å². The van der Waals surface area contributed by atoms with Crippen LogP contribution in [0.1, 0.15) is 28.8 Å². The largest absolute Gasteiger partial charge is 0.448 e. The maximum Gasteiger partial charge on any atom is 0.339 e. The number of fused-ring (bicyclic) bond motifs is 1. The SMILES string of the molecule is O=C1O[C@H](C(=O)N[C@H]2CCCN(c3ncccn3)C2)Cc2ccccc21. The lowest BCUT2D eigenvalue weighted by molar-refractivity contribution is -0.131. The molecule has 0 saturated carbocycles. The van der Waals surface area contributed by atoms with Gasteiger partial charge in [-0.1, -0.05) is 18.2 Å². The van der Waals surface area contributed by atoms with Crippen molar-refractivity contribution in [2.45, 2.75) is 31.4 Å². The Kier molecular flexibility index (Phi) is 4.51. The van der Waals surface area contributed by atoms with Crippen molar-refractivity contribution in [1.29, 1.82) is 0 Å². The predicted octanol–water partition coefficient (Wildman–Crippen LogP) is 1.34. The lowest BCUT2D eigenvalue weighted by Gasteiger charge is -2.34. The van der Waals surface area contributed by atoms with Gasteiger partial charge in [0.05, 0.1) is 5.56 Å². The predicted molar refractivity (Wildman–Crippen MR) is 94.8 cm³/mol. The molecule has 7 nitrogen and oxygen atoms in total. The fraction of sp³-hybridized carbons (Fsp3) is 0.368. The third-order valence-corrected chi connectivity index (χ3v) is 4.79. The topological polar surface area (TPSA) is 84.4 Å². The Bertz CT molecular complexity index is 811. The molecule has 2 atom stereocenters. The van der Waals surface area contributed by atoms with Crippen molar-refractivity contribution in [3.8, 4) is 0 Å². The molecule has 0 radical (unpaired) electrons. The molecule has 134 valence electrons. The lowest BCUT2D eigenvalue weighted by atomic mass is 9.98. The molecular weight excluding hydrogens is 332 g/mol. The summed E-state index contributed by atoms with van der Waals surface area (Å²) in [5.74, 6) is -0.00638. The summed E-state index contributed by atoms with van der Waals surface area (Å²) in [6, 6.07) is 9.02. The first kappa shape index (κ1) is 16.5. The van der Waals surface area contributed by atoms with Gasteiger partial charge in [-0.2, -0.15) is 0 Å². The van der Waals surface area contributed by atoms with Gasteiger partial charge in [0.15, 0.2) is 6.10 Å². The molecule has 1 aromatic carbocycles. The number of carbonyl (C=O) groups excluding carboxylic acids is 2. The zero-order valence-corrected chi connectivity index (χ0v) is 14.3. The van der Waals surface area contributed by atoms with E-state index in [0.717, 1.165) is 24.9 Å². The number of amides is 1. The summed E-state index contributed by atoms with van der Waals surface area (Å²) in [4.78, 5) is 35.3. The molecule has 1 aromatic heterocycles. The van der Waals surface area contributed by atoms with Gasteiger partial charge in [-0.05, 0) is 30.5 Å². The number of aromatic nitrogens is 2. The average molecular weight is 352 g/mol. The number of ether oxygens (including phenoxy) is 1. The number of cyclic esters (lactones) is 1. The van der Waals surface area contributed by atoms with Crippen molar-refractivity contribution >= 4 is 17.8 Å². The van der Waals surface area contributed by atoms with E-state index >= 15 is 0 Å². The molecule has 7 heteroatoms. The maximum atomic E-state index is 12.6. The summed E-state index contributed by atoms with van der Waals surface area (Å²) >= 11 is 0. The molecule has 0 spiro atoms. The molecule has 0 bridgehead atoms. The van der Waals surface area contributed by atoms with Gasteiger partial charge in [-0.25, -0.2) is 14.8 Å². The fourth-order valence-corrected chi connectivity index (χ4v) is 3.50. The van der Waals surface area contributed by atoms with Gasteiger partial charge >= 0.3 is 5.97 Å². The molecule has 1 N–H and O–H groups in total. The van der Waals surface area contributed by atoms with Crippen LogP contribution in [0, 0.1) is 0 Å². The summed E-state index contributed by atoms with van der Waals surface area (Å²) < 4.78 is 5.34. The standard InChI is InChI=1S/C19H20N4O3/c24-17(16-11-13-5-1-2-7-15(13)18(25)26-16)22-14-6-3-10-23(12-14)19-20-8-4-9-21-19/h1-2,4-5,7-9,14,16H,3,6,10-12H2,(H,22,24)/t14-,16-/m0/s1. The minimum atomic E-state index is -0.777. The van der Waals surface area contributed by atoms with Gasteiger partial charge in [-0.15, -0.1) is 0 Å². The summed E-state index contributed by atoms with van der Waals surface area (Å²) in [5.41, 5.74) is 1.40. The first-order valence-corrected chi connectivity index (χ1v) is 8.82. The quantitative estimate of drug-likeness (QED) is 0.840. The highest BCUT2D eigenvalue weighted by Gasteiger charge is 2.33. The van der Waals surface area contributed by atoms with Gasteiger partial charge < -0.3 is 15.0 Å². The van der Waals surface area contributed by atoms with Crippen LogP contribution in [0.5, 0.6) is 0 Å². The van der Waals surface area contributed by atoms with Crippen LogP contribution in [-0.2, 0) is 16.0 Å². The average Bonchev–Trinajstić information content (AvgIpc) is 2.69. The van der Waals surface area contributed by atoms with E-state index in [1.165, 1.54) is 0 Å². The molecule has 2 aliphatic rings. The van der Waals surface area contributed by atoms with E-state index in [-0.39, 0.29) is 11.9 Å². The fourth-order valence-electron chi connectivity index (χ4n) is 3.50. The number of hydrogen-bond acceptors (Lipinski definition) is 6. The number of rotatable bonds is 3. The van der Waals surface area contributed by atoms with Gasteiger partial charge in [0.25, 0.3) is 5.91 Å². The van der Waals surface area contributed by atoms with Crippen LogP contribution in [0.4, 0.5) is 5.95 Å². The van der Waals surface area contributed by atoms with Crippen molar-refractivity contribution in [2.75, 3.05) is 18.0 Å². The summed E-state index contributed by atoms with van der Waals surface area (Å²) in [7, 11) is 0.